The van der Waals surface area contributed by atoms with E-state index in [9.17, 15) is 15.3 Å². The third-order valence-corrected chi connectivity index (χ3v) is 2.86. The van der Waals surface area contributed by atoms with Gasteiger partial charge in [0.05, 0.1) is 18.8 Å². The Labute approximate surface area is 79.9 Å². The molecule has 1 saturated carbocycles. The van der Waals surface area contributed by atoms with Crippen molar-refractivity contribution < 1.29 is 20.1 Å². The second-order valence-corrected chi connectivity index (χ2v) is 3.66. The number of aliphatic hydroxyl groups is 3. The number of hydrogen-bond acceptors (Lipinski definition) is 6. The summed E-state index contributed by atoms with van der Waals surface area (Å²) in [5.74, 6) is -0.366. The monoisotopic (exact) mass is 202 g/mol. The minimum atomic E-state index is -1.20. The number of diazo groups is 1. The number of aliphatic hydroxyl groups excluding tert-OH is 3. The molecule has 6 atom stereocenters. The number of nitrogens with one attached hydrogen (secondary N) is 1. The van der Waals surface area contributed by atoms with E-state index in [1.54, 1.807) is 0 Å². The number of epoxide rings is 1. The normalized spacial score (nSPS) is 50.4. The van der Waals surface area contributed by atoms with Gasteiger partial charge in [-0.15, -0.1) is 0 Å². The highest BCUT2D eigenvalue weighted by atomic mass is 16.6. The first-order chi connectivity index (χ1) is 6.66. The summed E-state index contributed by atoms with van der Waals surface area (Å²) in [4.78, 5) is 0. The molecule has 0 bridgehead atoms. The van der Waals surface area contributed by atoms with Crippen molar-refractivity contribution in [2.24, 2.45) is 5.92 Å². The van der Waals surface area contributed by atoms with Crippen LogP contribution in [0.15, 0.2) is 0 Å². The van der Waals surface area contributed by atoms with Crippen molar-refractivity contribution in [1.29, 1.82) is 5.39 Å². The molecule has 2 fully saturated rings. The highest BCUT2D eigenvalue weighted by Crippen LogP contribution is 2.40. The standard InChI is InChI=1S/C7H12N3O4/c8-10-9-1-2-3(11)4(12)5(13)7-6(2)14-7/h2-7,9,11-13H,1H2/q+1/t2-,3-,4+,5-,6-,7+/m1/s1. The molecule has 0 unspecified atom stereocenters. The van der Waals surface area contributed by atoms with Crippen molar-refractivity contribution in [1.82, 2.24) is 5.43 Å². The molecular weight excluding hydrogens is 190 g/mol. The molecule has 78 valence electrons. The van der Waals surface area contributed by atoms with Gasteiger partial charge in [-0.05, 0) is 5.43 Å². The van der Waals surface area contributed by atoms with Crippen molar-refractivity contribution in [2.75, 3.05) is 6.54 Å². The second-order valence-electron chi connectivity index (χ2n) is 3.66. The van der Waals surface area contributed by atoms with Crippen LogP contribution in [0.4, 0.5) is 0 Å². The summed E-state index contributed by atoms with van der Waals surface area (Å²) < 4.78 is 5.11. The lowest BCUT2D eigenvalue weighted by Crippen LogP contribution is -2.53. The zero-order valence-electron chi connectivity index (χ0n) is 7.32. The number of hydrogen-bond donors (Lipinski definition) is 4. The molecule has 7 heteroatoms. The first kappa shape index (κ1) is 9.61. The molecule has 0 aromatic heterocycles. The molecule has 0 aromatic rings. The Morgan fingerprint density at radius 2 is 1.86 bits per heavy atom. The van der Waals surface area contributed by atoms with Crippen molar-refractivity contribution in [3.05, 3.63) is 5.08 Å². The fourth-order valence-electron chi connectivity index (χ4n) is 1.98. The van der Waals surface area contributed by atoms with Crippen molar-refractivity contribution >= 4 is 0 Å². The first-order valence-corrected chi connectivity index (χ1v) is 4.43. The van der Waals surface area contributed by atoms with Gasteiger partial charge in [0.1, 0.15) is 18.3 Å². The van der Waals surface area contributed by atoms with E-state index in [4.69, 9.17) is 10.1 Å². The molecule has 14 heavy (non-hydrogen) atoms. The van der Waals surface area contributed by atoms with E-state index in [0.29, 0.717) is 0 Å². The SMILES string of the molecule is N#[N+]NC[C@@H]1[C@@H](O)[C@H](O)[C@@H](O)[C@@H]2O[C@H]12. The fraction of sp³-hybridized carbons (Fsp3) is 1.00. The Bertz CT molecular complexity index is 268. The number of ether oxygens (including phenoxy) is 1. The predicted molar refractivity (Wildman–Crippen MR) is 43.3 cm³/mol. The lowest BCUT2D eigenvalue weighted by molar-refractivity contribution is -0.0964. The summed E-state index contributed by atoms with van der Waals surface area (Å²) in [6, 6.07) is 0. The first-order valence-electron chi connectivity index (χ1n) is 4.43. The average Bonchev–Trinajstić information content (AvgIpc) is 2.94. The van der Waals surface area contributed by atoms with E-state index in [2.05, 4.69) is 10.5 Å². The number of nitrogens with zero attached hydrogens (tertiary/aromatic N) is 2. The number of fused-ring (bicyclic) bond motifs is 1. The van der Waals surface area contributed by atoms with Crippen LogP contribution in [0.2, 0.25) is 0 Å². The maximum absolute atomic E-state index is 9.58. The molecule has 1 saturated heterocycles. The molecule has 0 aromatic carbocycles. The van der Waals surface area contributed by atoms with Crippen LogP contribution in [-0.2, 0) is 4.74 Å². The van der Waals surface area contributed by atoms with E-state index in [1.165, 1.54) is 0 Å². The van der Waals surface area contributed by atoms with Crippen molar-refractivity contribution in [2.45, 2.75) is 30.5 Å². The summed E-state index contributed by atoms with van der Waals surface area (Å²) in [5.41, 5.74) is 2.29. The summed E-state index contributed by atoms with van der Waals surface area (Å²) >= 11 is 0. The topological polar surface area (TPSA) is 113 Å². The second kappa shape index (κ2) is 3.33. The van der Waals surface area contributed by atoms with E-state index < -0.39 is 24.4 Å². The fourth-order valence-corrected chi connectivity index (χ4v) is 1.98. The van der Waals surface area contributed by atoms with E-state index >= 15 is 0 Å². The minimum Gasteiger partial charge on any atom is -0.390 e. The summed E-state index contributed by atoms with van der Waals surface area (Å²) in [6.07, 6.45) is -3.97. The van der Waals surface area contributed by atoms with Gasteiger partial charge in [0.2, 0.25) is 0 Å². The quantitative estimate of drug-likeness (QED) is 0.230. The predicted octanol–water partition coefficient (Wildman–Crippen LogP) is -2.18. The maximum Gasteiger partial charge on any atom is 0.302 e. The van der Waals surface area contributed by atoms with Crippen molar-refractivity contribution in [3.8, 4) is 0 Å². The van der Waals surface area contributed by atoms with Gasteiger partial charge in [-0.1, -0.05) is 0 Å². The lowest BCUT2D eigenvalue weighted by atomic mass is 9.83. The third-order valence-electron chi connectivity index (χ3n) is 2.86. The third kappa shape index (κ3) is 1.33. The van der Waals surface area contributed by atoms with Gasteiger partial charge in [-0.2, -0.15) is 0 Å². The highest BCUT2D eigenvalue weighted by molar-refractivity contribution is 5.08. The molecule has 7 nitrogen and oxygen atoms in total. The Balaban J connectivity index is 2.01. The van der Waals surface area contributed by atoms with E-state index in [1.807, 2.05) is 0 Å². The smallest absolute Gasteiger partial charge is 0.302 e. The van der Waals surface area contributed by atoms with Crippen LogP contribution >= 0.6 is 0 Å². The molecule has 0 amide bonds. The molecule has 2 rings (SSSR count). The van der Waals surface area contributed by atoms with E-state index in [0.717, 1.165) is 0 Å². The van der Waals surface area contributed by atoms with Crippen LogP contribution in [0.5, 0.6) is 0 Å². The van der Waals surface area contributed by atoms with Crippen molar-refractivity contribution in [3.63, 3.8) is 0 Å². The summed E-state index contributed by atoms with van der Waals surface area (Å²) in [5, 5.41) is 39.2. The van der Waals surface area contributed by atoms with Crippen LogP contribution in [0.25, 0.3) is 5.08 Å². The molecule has 1 aliphatic carbocycles. The molecule has 1 heterocycles. The average molecular weight is 202 g/mol. The van der Waals surface area contributed by atoms with Gasteiger partial charge in [0.15, 0.2) is 0 Å². The Morgan fingerprint density at radius 3 is 2.50 bits per heavy atom. The van der Waals surface area contributed by atoms with Gasteiger partial charge in [0, 0.05) is 5.92 Å². The largest absolute Gasteiger partial charge is 0.390 e. The highest BCUT2D eigenvalue weighted by Gasteiger charge is 2.60. The lowest BCUT2D eigenvalue weighted by Gasteiger charge is -2.30. The number of rotatable bonds is 2. The molecule has 2 aliphatic rings. The van der Waals surface area contributed by atoms with Gasteiger partial charge < -0.3 is 20.1 Å². The molecule has 4 N–H and O–H groups in total. The van der Waals surface area contributed by atoms with Gasteiger partial charge in [-0.25, -0.2) is 0 Å². The zero-order valence-corrected chi connectivity index (χ0v) is 7.32. The van der Waals surface area contributed by atoms with Gasteiger partial charge in [-0.3, -0.25) is 0 Å². The molecular formula is C7H12N3O4+. The Hall–Kier alpha value is -0.940. The van der Waals surface area contributed by atoms with Crippen LogP contribution in [0, 0.1) is 11.3 Å². The van der Waals surface area contributed by atoms with Crippen LogP contribution in [-0.4, -0.2) is 52.4 Å². The maximum atomic E-state index is 9.58. The van der Waals surface area contributed by atoms with Crippen LogP contribution < -0.4 is 5.43 Å². The molecule has 0 radical (unpaired) electrons. The van der Waals surface area contributed by atoms with Gasteiger partial charge in [0.25, 0.3) is 5.39 Å². The van der Waals surface area contributed by atoms with Gasteiger partial charge >= 0.3 is 5.08 Å². The zero-order chi connectivity index (χ0) is 10.3. The van der Waals surface area contributed by atoms with Crippen LogP contribution in [0.3, 0.4) is 0 Å². The Morgan fingerprint density at radius 1 is 1.14 bits per heavy atom. The molecule has 0 spiro atoms. The molecule has 1 aliphatic heterocycles. The summed E-state index contributed by atoms with van der Waals surface area (Å²) in [6.45, 7) is 0.197. The van der Waals surface area contributed by atoms with E-state index in [-0.39, 0.29) is 18.6 Å². The Kier molecular flexibility index (Phi) is 2.28. The van der Waals surface area contributed by atoms with Crippen LogP contribution in [0.1, 0.15) is 0 Å². The summed E-state index contributed by atoms with van der Waals surface area (Å²) in [7, 11) is 0. The minimum absolute atomic E-state index is 0.197.